The standard InChI is InChI=1S/C19H25N5O2S/c1-19(2,3)16-7-15(20-21-16)18(26)23-8-12(9-23)10-24-17(25)6-13-11-27-5-4-14(13)22-24/h6-7,12H,4-5,8-11H2,1-3H3,(H,20,21). The molecule has 0 radical (unpaired) electrons. The molecule has 0 unspecified atom stereocenters. The van der Waals surface area contributed by atoms with Crippen molar-refractivity contribution in [2.24, 2.45) is 5.92 Å². The van der Waals surface area contributed by atoms with Crippen molar-refractivity contribution in [3.63, 3.8) is 0 Å². The van der Waals surface area contributed by atoms with Gasteiger partial charge in [0.1, 0.15) is 5.69 Å². The summed E-state index contributed by atoms with van der Waals surface area (Å²) in [6, 6.07) is 3.57. The minimum Gasteiger partial charge on any atom is -0.336 e. The highest BCUT2D eigenvalue weighted by molar-refractivity contribution is 7.98. The van der Waals surface area contributed by atoms with Gasteiger partial charge < -0.3 is 4.90 Å². The van der Waals surface area contributed by atoms with Gasteiger partial charge in [0.25, 0.3) is 11.5 Å². The van der Waals surface area contributed by atoms with Gasteiger partial charge in [-0.2, -0.15) is 22.0 Å². The van der Waals surface area contributed by atoms with Gasteiger partial charge in [0, 0.05) is 48.4 Å². The van der Waals surface area contributed by atoms with E-state index in [2.05, 4.69) is 36.1 Å². The van der Waals surface area contributed by atoms with E-state index in [0.717, 1.165) is 34.9 Å². The summed E-state index contributed by atoms with van der Waals surface area (Å²) in [6.45, 7) is 8.08. The second-order valence-electron chi connectivity index (χ2n) is 8.43. The first-order valence-corrected chi connectivity index (χ1v) is 10.5. The van der Waals surface area contributed by atoms with Crippen LogP contribution in [0, 0.1) is 5.92 Å². The molecule has 0 bridgehead atoms. The number of thioether (sulfide) groups is 1. The van der Waals surface area contributed by atoms with Crippen molar-refractivity contribution < 1.29 is 4.79 Å². The maximum atomic E-state index is 12.6. The summed E-state index contributed by atoms with van der Waals surface area (Å²) < 4.78 is 1.58. The van der Waals surface area contributed by atoms with Crippen LogP contribution < -0.4 is 5.56 Å². The number of hydrogen-bond donors (Lipinski definition) is 1. The Morgan fingerprint density at radius 3 is 2.81 bits per heavy atom. The first kappa shape index (κ1) is 18.3. The highest BCUT2D eigenvalue weighted by Gasteiger charge is 2.33. The Kier molecular flexibility index (Phi) is 4.61. The molecule has 2 aromatic heterocycles. The van der Waals surface area contributed by atoms with Crippen LogP contribution in [0.4, 0.5) is 0 Å². The minimum atomic E-state index is -0.0686. The molecule has 0 atom stereocenters. The topological polar surface area (TPSA) is 83.9 Å². The molecule has 8 heteroatoms. The predicted molar refractivity (Wildman–Crippen MR) is 105 cm³/mol. The summed E-state index contributed by atoms with van der Waals surface area (Å²) in [7, 11) is 0. The number of likely N-dealkylation sites (tertiary alicyclic amines) is 1. The quantitative estimate of drug-likeness (QED) is 0.869. The molecule has 1 saturated heterocycles. The van der Waals surface area contributed by atoms with Crippen molar-refractivity contribution >= 4 is 17.7 Å². The summed E-state index contributed by atoms with van der Waals surface area (Å²) in [5.41, 5.74) is 3.42. The fourth-order valence-corrected chi connectivity index (χ4v) is 4.41. The molecule has 0 aromatic carbocycles. The first-order valence-electron chi connectivity index (χ1n) is 9.34. The number of nitrogens with zero attached hydrogens (tertiary/aromatic N) is 4. The summed E-state index contributed by atoms with van der Waals surface area (Å²) >= 11 is 1.85. The third-order valence-corrected chi connectivity index (χ3v) is 6.19. The second kappa shape index (κ2) is 6.82. The number of carbonyl (C=O) groups excluding carboxylic acids is 1. The molecule has 0 saturated carbocycles. The van der Waals surface area contributed by atoms with E-state index in [0.29, 0.717) is 25.3 Å². The zero-order valence-corrected chi connectivity index (χ0v) is 16.8. The number of rotatable bonds is 3. The van der Waals surface area contributed by atoms with Gasteiger partial charge in [0.15, 0.2) is 0 Å². The Balaban J connectivity index is 1.38. The Bertz CT molecular complexity index is 921. The normalized spacial score (nSPS) is 17.5. The summed E-state index contributed by atoms with van der Waals surface area (Å²) in [5, 5.41) is 11.7. The maximum absolute atomic E-state index is 12.6. The fourth-order valence-electron chi connectivity index (χ4n) is 3.46. The maximum Gasteiger partial charge on any atom is 0.274 e. The molecule has 1 fully saturated rings. The van der Waals surface area contributed by atoms with Gasteiger partial charge in [-0.3, -0.25) is 14.7 Å². The Hall–Kier alpha value is -2.09. The van der Waals surface area contributed by atoms with Crippen LogP contribution in [-0.4, -0.2) is 49.6 Å². The van der Waals surface area contributed by atoms with Crippen molar-refractivity contribution in [1.82, 2.24) is 24.9 Å². The van der Waals surface area contributed by atoms with Crippen molar-refractivity contribution in [3.8, 4) is 0 Å². The molecular weight excluding hydrogens is 362 g/mol. The van der Waals surface area contributed by atoms with E-state index in [9.17, 15) is 9.59 Å². The summed E-state index contributed by atoms with van der Waals surface area (Å²) in [5.74, 6) is 2.14. The molecule has 1 amide bonds. The Morgan fingerprint density at radius 1 is 1.33 bits per heavy atom. The molecule has 4 rings (SSSR count). The van der Waals surface area contributed by atoms with Crippen molar-refractivity contribution in [2.75, 3.05) is 18.8 Å². The van der Waals surface area contributed by atoms with Crippen molar-refractivity contribution in [3.05, 3.63) is 45.1 Å². The number of fused-ring (bicyclic) bond motifs is 1. The molecule has 1 N–H and O–H groups in total. The lowest BCUT2D eigenvalue weighted by molar-refractivity contribution is 0.0452. The van der Waals surface area contributed by atoms with Gasteiger partial charge in [-0.05, 0) is 17.4 Å². The monoisotopic (exact) mass is 387 g/mol. The number of nitrogens with one attached hydrogen (secondary N) is 1. The molecule has 2 aliphatic rings. The molecule has 0 spiro atoms. The Labute approximate surface area is 162 Å². The number of hydrogen-bond acceptors (Lipinski definition) is 5. The van der Waals surface area contributed by atoms with E-state index < -0.39 is 0 Å². The van der Waals surface area contributed by atoms with Gasteiger partial charge in [-0.1, -0.05) is 20.8 Å². The fraction of sp³-hybridized carbons (Fsp3) is 0.579. The molecule has 0 aliphatic carbocycles. The van der Waals surface area contributed by atoms with Gasteiger partial charge in [-0.15, -0.1) is 0 Å². The van der Waals surface area contributed by atoms with Gasteiger partial charge in [0.05, 0.1) is 12.2 Å². The smallest absolute Gasteiger partial charge is 0.274 e. The van der Waals surface area contributed by atoms with Gasteiger partial charge in [0.2, 0.25) is 0 Å². The van der Waals surface area contributed by atoms with Crippen LogP contribution in [0.5, 0.6) is 0 Å². The van der Waals surface area contributed by atoms with Crippen LogP contribution in [0.2, 0.25) is 0 Å². The van der Waals surface area contributed by atoms with Gasteiger partial charge >= 0.3 is 0 Å². The molecule has 4 heterocycles. The predicted octanol–water partition coefficient (Wildman–Crippen LogP) is 1.83. The van der Waals surface area contributed by atoms with E-state index in [4.69, 9.17) is 0 Å². The lowest BCUT2D eigenvalue weighted by Gasteiger charge is -2.38. The molecule has 2 aromatic rings. The Morgan fingerprint density at radius 2 is 2.11 bits per heavy atom. The lowest BCUT2D eigenvalue weighted by atomic mass is 9.92. The van der Waals surface area contributed by atoms with Crippen molar-refractivity contribution in [2.45, 2.75) is 44.9 Å². The van der Waals surface area contributed by atoms with Crippen LogP contribution in [0.3, 0.4) is 0 Å². The number of H-pyrrole nitrogens is 1. The third-order valence-electron chi connectivity index (χ3n) is 5.19. The summed E-state index contributed by atoms with van der Waals surface area (Å²) in [6.07, 6.45) is 0.921. The first-order chi connectivity index (χ1) is 12.8. The molecule has 27 heavy (non-hydrogen) atoms. The molecular formula is C19H25N5O2S. The molecule has 2 aliphatic heterocycles. The highest BCUT2D eigenvalue weighted by Crippen LogP contribution is 2.24. The number of aryl methyl sites for hydroxylation is 1. The molecule has 144 valence electrons. The zero-order chi connectivity index (χ0) is 19.2. The third kappa shape index (κ3) is 3.67. The van der Waals surface area contributed by atoms with E-state index in [1.165, 1.54) is 0 Å². The average Bonchev–Trinajstić information content (AvgIpc) is 3.08. The van der Waals surface area contributed by atoms with E-state index in [1.807, 2.05) is 17.8 Å². The number of carbonyl (C=O) groups is 1. The highest BCUT2D eigenvalue weighted by atomic mass is 32.2. The minimum absolute atomic E-state index is 0.0388. The van der Waals surface area contributed by atoms with Crippen LogP contribution in [0.25, 0.3) is 0 Å². The van der Waals surface area contributed by atoms with Crippen LogP contribution >= 0.6 is 11.8 Å². The second-order valence-corrected chi connectivity index (χ2v) is 9.54. The van der Waals surface area contributed by atoms with Crippen LogP contribution in [-0.2, 0) is 24.1 Å². The SMILES string of the molecule is CC(C)(C)c1cc(C(=O)N2CC(Cn3nc4c(cc3=O)CSCC4)C2)n[nH]1. The van der Waals surface area contributed by atoms with E-state index >= 15 is 0 Å². The number of aromatic amines is 1. The summed E-state index contributed by atoms with van der Waals surface area (Å²) in [4.78, 5) is 26.7. The number of amides is 1. The van der Waals surface area contributed by atoms with E-state index in [-0.39, 0.29) is 22.8 Å². The van der Waals surface area contributed by atoms with Crippen LogP contribution in [0.1, 0.15) is 48.2 Å². The lowest BCUT2D eigenvalue weighted by Crippen LogP contribution is -2.52. The molecule has 7 nitrogen and oxygen atoms in total. The van der Waals surface area contributed by atoms with E-state index in [1.54, 1.807) is 15.6 Å². The van der Waals surface area contributed by atoms with Crippen molar-refractivity contribution in [1.29, 1.82) is 0 Å². The largest absolute Gasteiger partial charge is 0.336 e. The van der Waals surface area contributed by atoms with Crippen LogP contribution in [0.15, 0.2) is 16.9 Å². The average molecular weight is 388 g/mol. The van der Waals surface area contributed by atoms with Gasteiger partial charge in [-0.25, -0.2) is 4.68 Å². The number of aromatic nitrogens is 4. The zero-order valence-electron chi connectivity index (χ0n) is 16.0.